The van der Waals surface area contributed by atoms with E-state index in [1.54, 1.807) is 0 Å². The SMILES string of the molecule is NC(CCO)c1cccc([N+](=O)[O-])c1F. The van der Waals surface area contributed by atoms with Crippen molar-refractivity contribution in [1.29, 1.82) is 0 Å². The monoisotopic (exact) mass is 214 g/mol. The molecule has 0 bridgehead atoms. The van der Waals surface area contributed by atoms with E-state index in [1.807, 2.05) is 0 Å². The van der Waals surface area contributed by atoms with E-state index < -0.39 is 22.5 Å². The Balaban J connectivity index is 3.09. The zero-order valence-corrected chi connectivity index (χ0v) is 7.89. The van der Waals surface area contributed by atoms with Crippen molar-refractivity contribution in [2.24, 2.45) is 5.73 Å². The zero-order valence-electron chi connectivity index (χ0n) is 7.89. The van der Waals surface area contributed by atoms with Crippen LogP contribution >= 0.6 is 0 Å². The fourth-order valence-corrected chi connectivity index (χ4v) is 1.26. The van der Waals surface area contributed by atoms with E-state index in [0.29, 0.717) is 0 Å². The highest BCUT2D eigenvalue weighted by molar-refractivity contribution is 5.38. The van der Waals surface area contributed by atoms with Gasteiger partial charge in [-0.1, -0.05) is 12.1 Å². The Labute approximate surface area is 85.5 Å². The minimum atomic E-state index is -0.927. The lowest BCUT2D eigenvalue weighted by molar-refractivity contribution is -0.387. The maximum atomic E-state index is 13.5. The summed E-state index contributed by atoms with van der Waals surface area (Å²) in [6, 6.07) is 3.09. The van der Waals surface area contributed by atoms with Gasteiger partial charge in [-0.15, -0.1) is 0 Å². The van der Waals surface area contributed by atoms with E-state index in [0.717, 1.165) is 6.07 Å². The van der Waals surface area contributed by atoms with E-state index in [4.69, 9.17) is 10.8 Å². The standard InChI is InChI=1S/C9H11FN2O3/c10-9-6(7(11)4-5-13)2-1-3-8(9)12(14)15/h1-3,7,13H,4-5,11H2. The highest BCUT2D eigenvalue weighted by atomic mass is 19.1. The van der Waals surface area contributed by atoms with Gasteiger partial charge in [0.15, 0.2) is 0 Å². The third-order valence-electron chi connectivity index (χ3n) is 2.04. The second-order valence-corrected chi connectivity index (χ2v) is 3.06. The van der Waals surface area contributed by atoms with Crippen LogP contribution in [0, 0.1) is 15.9 Å². The number of nitro groups is 1. The predicted octanol–water partition coefficient (Wildman–Crippen LogP) is 1.12. The molecule has 15 heavy (non-hydrogen) atoms. The van der Waals surface area contributed by atoms with Crippen molar-refractivity contribution in [3.05, 3.63) is 39.7 Å². The number of nitrogens with two attached hydrogens (primary N) is 1. The average molecular weight is 214 g/mol. The van der Waals surface area contributed by atoms with Crippen molar-refractivity contribution in [2.45, 2.75) is 12.5 Å². The Morgan fingerprint density at radius 2 is 2.27 bits per heavy atom. The van der Waals surface area contributed by atoms with Crippen LogP contribution in [0.25, 0.3) is 0 Å². The first-order valence-electron chi connectivity index (χ1n) is 4.37. The van der Waals surface area contributed by atoms with E-state index in [1.165, 1.54) is 12.1 Å². The lowest BCUT2D eigenvalue weighted by Crippen LogP contribution is -2.14. The number of nitro benzene ring substituents is 1. The average Bonchev–Trinajstić information content (AvgIpc) is 2.17. The van der Waals surface area contributed by atoms with Gasteiger partial charge >= 0.3 is 5.69 Å². The molecule has 3 N–H and O–H groups in total. The Morgan fingerprint density at radius 3 is 2.80 bits per heavy atom. The summed E-state index contributed by atoms with van der Waals surface area (Å²) in [7, 11) is 0. The van der Waals surface area contributed by atoms with Gasteiger partial charge < -0.3 is 10.8 Å². The fraction of sp³-hybridized carbons (Fsp3) is 0.333. The maximum Gasteiger partial charge on any atom is 0.305 e. The van der Waals surface area contributed by atoms with Gasteiger partial charge in [0, 0.05) is 24.3 Å². The van der Waals surface area contributed by atoms with Crippen LogP contribution in [0.1, 0.15) is 18.0 Å². The van der Waals surface area contributed by atoms with Crippen LogP contribution in [0.4, 0.5) is 10.1 Å². The van der Waals surface area contributed by atoms with Gasteiger partial charge in [-0.05, 0) is 6.42 Å². The summed E-state index contributed by atoms with van der Waals surface area (Å²) < 4.78 is 13.5. The minimum Gasteiger partial charge on any atom is -0.396 e. The van der Waals surface area contributed by atoms with Crippen LogP contribution in [0.3, 0.4) is 0 Å². The van der Waals surface area contributed by atoms with Crippen LogP contribution in [-0.4, -0.2) is 16.6 Å². The molecule has 0 saturated heterocycles. The molecule has 0 aromatic heterocycles. The molecule has 0 spiro atoms. The molecule has 0 aliphatic rings. The summed E-state index contributed by atoms with van der Waals surface area (Å²) in [5.74, 6) is -0.927. The lowest BCUT2D eigenvalue weighted by atomic mass is 10.0. The van der Waals surface area contributed by atoms with Gasteiger partial charge in [0.05, 0.1) is 4.92 Å². The molecule has 0 amide bonds. The zero-order chi connectivity index (χ0) is 11.4. The molecule has 6 heteroatoms. The van der Waals surface area contributed by atoms with Crippen LogP contribution in [0.5, 0.6) is 0 Å². The molecule has 1 unspecified atom stereocenters. The van der Waals surface area contributed by atoms with E-state index in [2.05, 4.69) is 0 Å². The number of halogens is 1. The van der Waals surface area contributed by atoms with Crippen molar-refractivity contribution in [2.75, 3.05) is 6.61 Å². The third kappa shape index (κ3) is 2.48. The molecule has 0 fully saturated rings. The first kappa shape index (κ1) is 11.5. The number of aliphatic hydroxyl groups is 1. The number of nitrogens with zero attached hydrogens (tertiary/aromatic N) is 1. The molecule has 5 nitrogen and oxygen atoms in total. The van der Waals surface area contributed by atoms with Crippen LogP contribution < -0.4 is 5.73 Å². The largest absolute Gasteiger partial charge is 0.396 e. The van der Waals surface area contributed by atoms with Crippen LogP contribution in [0.15, 0.2) is 18.2 Å². The van der Waals surface area contributed by atoms with E-state index in [9.17, 15) is 14.5 Å². The first-order chi connectivity index (χ1) is 7.07. The first-order valence-corrected chi connectivity index (χ1v) is 4.37. The van der Waals surface area contributed by atoms with Crippen molar-refractivity contribution in [1.82, 2.24) is 0 Å². The molecule has 0 saturated carbocycles. The highest BCUT2D eigenvalue weighted by Gasteiger charge is 2.20. The molecule has 1 aromatic carbocycles. The number of rotatable bonds is 4. The maximum absolute atomic E-state index is 13.5. The molecule has 0 radical (unpaired) electrons. The molecule has 1 aromatic rings. The Kier molecular flexibility index (Phi) is 3.70. The highest BCUT2D eigenvalue weighted by Crippen LogP contribution is 2.25. The van der Waals surface area contributed by atoms with Crippen molar-refractivity contribution >= 4 is 5.69 Å². The second-order valence-electron chi connectivity index (χ2n) is 3.06. The molecule has 1 atom stereocenters. The number of aliphatic hydroxyl groups excluding tert-OH is 1. The quantitative estimate of drug-likeness (QED) is 0.580. The summed E-state index contributed by atoms with van der Waals surface area (Å²) in [5, 5.41) is 19.1. The van der Waals surface area contributed by atoms with Gasteiger partial charge in [0.1, 0.15) is 0 Å². The fourth-order valence-electron chi connectivity index (χ4n) is 1.26. The van der Waals surface area contributed by atoms with Crippen LogP contribution in [-0.2, 0) is 0 Å². The summed E-state index contributed by atoms with van der Waals surface area (Å²) in [6.07, 6.45) is 0.165. The number of benzene rings is 1. The Morgan fingerprint density at radius 1 is 1.60 bits per heavy atom. The molecule has 0 heterocycles. The van der Waals surface area contributed by atoms with Crippen molar-refractivity contribution in [3.8, 4) is 0 Å². The van der Waals surface area contributed by atoms with Gasteiger partial charge in [-0.2, -0.15) is 4.39 Å². The molecule has 1 rings (SSSR count). The smallest absolute Gasteiger partial charge is 0.305 e. The van der Waals surface area contributed by atoms with Gasteiger partial charge in [-0.25, -0.2) is 0 Å². The van der Waals surface area contributed by atoms with E-state index >= 15 is 0 Å². The summed E-state index contributed by atoms with van der Waals surface area (Å²) in [6.45, 7) is -0.191. The topological polar surface area (TPSA) is 89.4 Å². The second kappa shape index (κ2) is 4.81. The molecule has 0 aliphatic heterocycles. The number of hydrogen-bond donors (Lipinski definition) is 2. The van der Waals surface area contributed by atoms with Crippen molar-refractivity contribution in [3.63, 3.8) is 0 Å². The molecular weight excluding hydrogens is 203 g/mol. The lowest BCUT2D eigenvalue weighted by Gasteiger charge is -2.10. The summed E-state index contributed by atoms with van der Waals surface area (Å²) >= 11 is 0. The predicted molar refractivity (Wildman–Crippen MR) is 51.7 cm³/mol. The number of hydrogen-bond acceptors (Lipinski definition) is 4. The third-order valence-corrected chi connectivity index (χ3v) is 2.04. The Hall–Kier alpha value is -1.53. The summed E-state index contributed by atoms with van der Waals surface area (Å²) in [5.41, 5.74) is 5.01. The molecule has 82 valence electrons. The normalized spacial score (nSPS) is 12.5. The van der Waals surface area contributed by atoms with Gasteiger partial charge in [0.2, 0.25) is 5.82 Å². The molecular formula is C9H11FN2O3. The minimum absolute atomic E-state index is 0.0539. The molecule has 0 aliphatic carbocycles. The van der Waals surface area contributed by atoms with Crippen molar-refractivity contribution < 1.29 is 14.4 Å². The Bertz CT molecular complexity index is 370. The van der Waals surface area contributed by atoms with Gasteiger partial charge in [-0.3, -0.25) is 10.1 Å². The van der Waals surface area contributed by atoms with Gasteiger partial charge in [0.25, 0.3) is 0 Å². The van der Waals surface area contributed by atoms with E-state index in [-0.39, 0.29) is 18.6 Å². The summed E-state index contributed by atoms with van der Waals surface area (Å²) in [4.78, 5) is 9.63. The van der Waals surface area contributed by atoms with Crippen LogP contribution in [0.2, 0.25) is 0 Å².